The van der Waals surface area contributed by atoms with Crippen molar-refractivity contribution < 1.29 is 9.53 Å². The Kier molecular flexibility index (Phi) is 7.58. The molecule has 4 heteroatoms. The summed E-state index contributed by atoms with van der Waals surface area (Å²) in [6, 6.07) is 9.48. The molecule has 108 valence electrons. The average molecular weight is 291 g/mol. The highest BCUT2D eigenvalue weighted by molar-refractivity contribution is 7.80. The molecule has 1 N–H and O–H groups in total. The van der Waals surface area contributed by atoms with Gasteiger partial charge >= 0.3 is 0 Å². The zero-order chi connectivity index (χ0) is 14.8. The van der Waals surface area contributed by atoms with Crippen LogP contribution in [0.5, 0.6) is 0 Å². The van der Waals surface area contributed by atoms with E-state index in [4.69, 9.17) is 17.0 Å². The summed E-state index contributed by atoms with van der Waals surface area (Å²) < 4.78 is 5.31. The van der Waals surface area contributed by atoms with Crippen LogP contribution in [0.2, 0.25) is 0 Å². The van der Waals surface area contributed by atoms with Gasteiger partial charge in [-0.05, 0) is 37.2 Å². The number of amides is 1. The maximum Gasteiger partial charge on any atom is 0.244 e. The van der Waals surface area contributed by atoms with E-state index in [1.807, 2.05) is 44.2 Å². The number of rotatable bonds is 7. The summed E-state index contributed by atoms with van der Waals surface area (Å²) in [6.45, 7) is 4.45. The van der Waals surface area contributed by atoms with E-state index in [2.05, 4.69) is 5.32 Å². The Morgan fingerprint density at radius 2 is 2.05 bits per heavy atom. The smallest absolute Gasteiger partial charge is 0.244 e. The van der Waals surface area contributed by atoms with Crippen molar-refractivity contribution in [2.75, 3.05) is 6.61 Å². The first-order valence-electron chi connectivity index (χ1n) is 6.87. The van der Waals surface area contributed by atoms with E-state index >= 15 is 0 Å². The van der Waals surface area contributed by atoms with Gasteiger partial charge in [-0.3, -0.25) is 4.79 Å². The quantitative estimate of drug-likeness (QED) is 0.618. The molecule has 0 aliphatic carbocycles. The van der Waals surface area contributed by atoms with Crippen LogP contribution >= 0.6 is 12.2 Å². The Bertz CT molecular complexity index is 457. The minimum absolute atomic E-state index is 0.158. The van der Waals surface area contributed by atoms with Crippen molar-refractivity contribution in [3.63, 3.8) is 0 Å². The molecule has 0 spiro atoms. The van der Waals surface area contributed by atoms with Crippen LogP contribution in [-0.2, 0) is 9.53 Å². The monoisotopic (exact) mass is 291 g/mol. The van der Waals surface area contributed by atoms with Crippen LogP contribution in [0.4, 0.5) is 0 Å². The number of hydrogen-bond donors (Lipinski definition) is 1. The number of benzene rings is 1. The maximum absolute atomic E-state index is 11.9. The number of hydrogen-bond acceptors (Lipinski definition) is 3. The summed E-state index contributed by atoms with van der Waals surface area (Å²) in [5.74, 6) is -0.158. The number of ether oxygens (including phenoxy) is 1. The molecule has 0 radical (unpaired) electrons. The second-order valence-electron chi connectivity index (χ2n) is 4.35. The first kappa shape index (κ1) is 16.4. The maximum atomic E-state index is 11.9. The second kappa shape index (κ2) is 9.26. The molecule has 1 atom stereocenters. The van der Waals surface area contributed by atoms with Gasteiger partial charge in [0, 0.05) is 6.08 Å². The third-order valence-corrected chi connectivity index (χ3v) is 3.09. The largest absolute Gasteiger partial charge is 0.485 e. The summed E-state index contributed by atoms with van der Waals surface area (Å²) in [5, 5.41) is 3.34. The summed E-state index contributed by atoms with van der Waals surface area (Å²) in [4.78, 5) is 11.9. The molecule has 0 saturated carbocycles. The van der Waals surface area contributed by atoms with Gasteiger partial charge in [0.05, 0.1) is 12.6 Å². The molecule has 0 fully saturated rings. The van der Waals surface area contributed by atoms with E-state index in [9.17, 15) is 4.79 Å². The molecule has 0 bridgehead atoms. The van der Waals surface area contributed by atoms with Crippen LogP contribution < -0.4 is 5.32 Å². The average Bonchev–Trinajstić information content (AvgIpc) is 2.46. The van der Waals surface area contributed by atoms with Crippen LogP contribution in [-0.4, -0.2) is 23.6 Å². The van der Waals surface area contributed by atoms with Gasteiger partial charge in [0.1, 0.15) is 0 Å². The molecule has 1 aromatic rings. The summed E-state index contributed by atoms with van der Waals surface area (Å²) in [5.41, 5.74) is 0.988. The number of nitrogens with one attached hydrogen (secondary N) is 1. The fraction of sp³-hybridized carbons (Fsp3) is 0.375. The van der Waals surface area contributed by atoms with Crippen LogP contribution in [0.1, 0.15) is 32.3 Å². The zero-order valence-electron chi connectivity index (χ0n) is 12.0. The molecule has 1 aromatic carbocycles. The Morgan fingerprint density at radius 1 is 1.35 bits per heavy atom. The minimum atomic E-state index is -0.206. The van der Waals surface area contributed by atoms with E-state index in [1.54, 1.807) is 6.08 Å². The van der Waals surface area contributed by atoms with E-state index < -0.39 is 0 Å². The van der Waals surface area contributed by atoms with Crippen LogP contribution in [0, 0.1) is 0 Å². The highest BCUT2D eigenvalue weighted by atomic mass is 32.1. The molecule has 20 heavy (non-hydrogen) atoms. The lowest BCUT2D eigenvalue weighted by atomic mass is 10.1. The Hall–Kier alpha value is -1.68. The summed E-state index contributed by atoms with van der Waals surface area (Å²) in [6.07, 6.45) is 5.01. The third-order valence-electron chi connectivity index (χ3n) is 2.69. The lowest BCUT2D eigenvalue weighted by Gasteiger charge is -2.18. The number of carbonyl (C=O) groups excluding carboxylic acids is 1. The van der Waals surface area contributed by atoms with Crippen molar-refractivity contribution in [3.8, 4) is 0 Å². The first-order valence-corrected chi connectivity index (χ1v) is 7.28. The molecule has 0 saturated heterocycles. The Balaban J connectivity index is 2.57. The molecule has 0 aliphatic rings. The van der Waals surface area contributed by atoms with Crippen molar-refractivity contribution in [1.82, 2.24) is 5.32 Å². The highest BCUT2D eigenvalue weighted by Gasteiger charge is 2.16. The SMILES string of the molecule is CCCC(NC(=O)C=Cc1ccccc1)C(=S)OCC. The lowest BCUT2D eigenvalue weighted by Crippen LogP contribution is -2.40. The third kappa shape index (κ3) is 5.97. The number of carbonyl (C=O) groups is 1. The highest BCUT2D eigenvalue weighted by Crippen LogP contribution is 2.04. The molecular weight excluding hydrogens is 270 g/mol. The molecule has 1 unspecified atom stereocenters. The van der Waals surface area contributed by atoms with Crippen molar-refractivity contribution >= 4 is 29.3 Å². The van der Waals surface area contributed by atoms with Crippen molar-refractivity contribution in [2.45, 2.75) is 32.7 Å². The predicted octanol–water partition coefficient (Wildman–Crippen LogP) is 3.35. The molecule has 1 amide bonds. The van der Waals surface area contributed by atoms with E-state index in [0.29, 0.717) is 11.7 Å². The van der Waals surface area contributed by atoms with Gasteiger partial charge in [0.15, 0.2) is 5.05 Å². The normalized spacial score (nSPS) is 12.1. The molecular formula is C16H21NO2S. The van der Waals surface area contributed by atoms with Crippen molar-refractivity contribution in [3.05, 3.63) is 42.0 Å². The van der Waals surface area contributed by atoms with E-state index in [-0.39, 0.29) is 11.9 Å². The van der Waals surface area contributed by atoms with Crippen molar-refractivity contribution in [1.29, 1.82) is 0 Å². The fourth-order valence-electron chi connectivity index (χ4n) is 1.74. The lowest BCUT2D eigenvalue weighted by molar-refractivity contribution is -0.116. The topological polar surface area (TPSA) is 38.3 Å². The summed E-state index contributed by atoms with van der Waals surface area (Å²) in [7, 11) is 0. The fourth-order valence-corrected chi connectivity index (χ4v) is 2.03. The molecule has 0 aliphatic heterocycles. The van der Waals surface area contributed by atoms with Gasteiger partial charge in [-0.25, -0.2) is 0 Å². The molecule has 3 nitrogen and oxygen atoms in total. The van der Waals surface area contributed by atoms with Crippen LogP contribution in [0.3, 0.4) is 0 Å². The molecule has 0 aromatic heterocycles. The molecule has 1 rings (SSSR count). The standard InChI is InChI=1S/C16H21NO2S/c1-3-8-14(16(20)19-4-2)17-15(18)12-11-13-9-6-5-7-10-13/h5-7,9-12,14H,3-4,8H2,1-2H3,(H,17,18). The zero-order valence-corrected chi connectivity index (χ0v) is 12.8. The van der Waals surface area contributed by atoms with Gasteiger partial charge in [0.25, 0.3) is 0 Å². The van der Waals surface area contributed by atoms with E-state index in [0.717, 1.165) is 18.4 Å². The van der Waals surface area contributed by atoms with Crippen LogP contribution in [0.15, 0.2) is 36.4 Å². The minimum Gasteiger partial charge on any atom is -0.485 e. The van der Waals surface area contributed by atoms with Gasteiger partial charge in [-0.2, -0.15) is 0 Å². The Morgan fingerprint density at radius 3 is 2.65 bits per heavy atom. The molecule has 0 heterocycles. The second-order valence-corrected chi connectivity index (χ2v) is 4.75. The first-order chi connectivity index (χ1) is 9.67. The Labute approximate surface area is 126 Å². The van der Waals surface area contributed by atoms with E-state index in [1.165, 1.54) is 6.08 Å². The summed E-state index contributed by atoms with van der Waals surface area (Å²) >= 11 is 5.18. The van der Waals surface area contributed by atoms with Gasteiger partial charge < -0.3 is 10.1 Å². The van der Waals surface area contributed by atoms with Gasteiger partial charge in [-0.15, -0.1) is 0 Å². The predicted molar refractivity (Wildman–Crippen MR) is 86.5 cm³/mol. The van der Waals surface area contributed by atoms with Crippen LogP contribution in [0.25, 0.3) is 6.08 Å². The van der Waals surface area contributed by atoms with Gasteiger partial charge in [0.2, 0.25) is 5.91 Å². The van der Waals surface area contributed by atoms with Gasteiger partial charge in [-0.1, -0.05) is 43.7 Å². The van der Waals surface area contributed by atoms with Crippen molar-refractivity contribution in [2.24, 2.45) is 0 Å². The number of thiocarbonyl (C=S) groups is 1.